The van der Waals surface area contributed by atoms with Gasteiger partial charge in [-0.05, 0) is 32.2 Å². The first-order chi connectivity index (χ1) is 5.25. The van der Waals surface area contributed by atoms with Gasteiger partial charge in [-0.3, -0.25) is 0 Å². The second-order valence-corrected chi connectivity index (χ2v) is 3.62. The fourth-order valence-electron chi connectivity index (χ4n) is 1.75. The van der Waals surface area contributed by atoms with Gasteiger partial charge in [0.15, 0.2) is 0 Å². The molecule has 0 aromatic rings. The van der Waals surface area contributed by atoms with Crippen molar-refractivity contribution in [3.8, 4) is 0 Å². The molecule has 0 aromatic heterocycles. The molecule has 0 bridgehead atoms. The summed E-state index contributed by atoms with van der Waals surface area (Å²) in [6.45, 7) is 10.9. The molecule has 1 saturated heterocycles. The van der Waals surface area contributed by atoms with E-state index >= 15 is 0 Å². The highest BCUT2D eigenvalue weighted by Gasteiger charge is 2.25. The van der Waals surface area contributed by atoms with E-state index < -0.39 is 0 Å². The van der Waals surface area contributed by atoms with Crippen LogP contribution in [0.5, 0.6) is 0 Å². The standard InChI is InChI=1S/C10H19N/c1-4-5-7-11-8-6-9(2)10(11)3/h4,9-10H,1,5-8H2,2-3H3. The average molecular weight is 153 g/mol. The van der Waals surface area contributed by atoms with Crippen molar-refractivity contribution in [3.05, 3.63) is 12.7 Å². The minimum Gasteiger partial charge on any atom is -0.300 e. The number of nitrogens with zero attached hydrogens (tertiary/aromatic N) is 1. The van der Waals surface area contributed by atoms with Gasteiger partial charge < -0.3 is 4.90 Å². The lowest BCUT2D eigenvalue weighted by Crippen LogP contribution is -2.29. The van der Waals surface area contributed by atoms with E-state index in [1.807, 2.05) is 6.08 Å². The van der Waals surface area contributed by atoms with E-state index in [4.69, 9.17) is 0 Å². The van der Waals surface area contributed by atoms with Crippen molar-refractivity contribution in [2.75, 3.05) is 13.1 Å². The van der Waals surface area contributed by atoms with E-state index in [1.165, 1.54) is 19.5 Å². The highest BCUT2D eigenvalue weighted by Crippen LogP contribution is 2.22. The van der Waals surface area contributed by atoms with Gasteiger partial charge in [-0.2, -0.15) is 0 Å². The second-order valence-electron chi connectivity index (χ2n) is 3.62. The largest absolute Gasteiger partial charge is 0.300 e. The zero-order valence-electron chi connectivity index (χ0n) is 7.71. The van der Waals surface area contributed by atoms with Gasteiger partial charge >= 0.3 is 0 Å². The van der Waals surface area contributed by atoms with E-state index in [0.29, 0.717) is 0 Å². The molecule has 0 radical (unpaired) electrons. The average Bonchev–Trinajstić information content (AvgIpc) is 2.31. The first kappa shape index (κ1) is 8.79. The lowest BCUT2D eigenvalue weighted by atomic mass is 10.1. The SMILES string of the molecule is C=CCCN1CCC(C)C1C. The van der Waals surface area contributed by atoms with Gasteiger partial charge in [0.1, 0.15) is 0 Å². The molecule has 0 aliphatic carbocycles. The highest BCUT2D eigenvalue weighted by molar-refractivity contribution is 4.82. The van der Waals surface area contributed by atoms with Crippen LogP contribution in [0.3, 0.4) is 0 Å². The van der Waals surface area contributed by atoms with Crippen LogP contribution in [-0.4, -0.2) is 24.0 Å². The number of rotatable bonds is 3. The van der Waals surface area contributed by atoms with Crippen molar-refractivity contribution in [2.24, 2.45) is 5.92 Å². The van der Waals surface area contributed by atoms with Crippen LogP contribution in [0.25, 0.3) is 0 Å². The quantitative estimate of drug-likeness (QED) is 0.562. The number of hydrogen-bond donors (Lipinski definition) is 0. The molecule has 1 heteroatoms. The molecule has 64 valence electrons. The second kappa shape index (κ2) is 3.91. The lowest BCUT2D eigenvalue weighted by Gasteiger charge is -2.22. The summed E-state index contributed by atoms with van der Waals surface area (Å²) >= 11 is 0. The Labute approximate surface area is 70.1 Å². The molecule has 0 saturated carbocycles. The summed E-state index contributed by atoms with van der Waals surface area (Å²) in [7, 11) is 0. The molecule has 1 fully saturated rings. The number of hydrogen-bond acceptors (Lipinski definition) is 1. The first-order valence-electron chi connectivity index (χ1n) is 4.60. The van der Waals surface area contributed by atoms with E-state index in [9.17, 15) is 0 Å². The van der Waals surface area contributed by atoms with Crippen LogP contribution < -0.4 is 0 Å². The van der Waals surface area contributed by atoms with E-state index in [-0.39, 0.29) is 0 Å². The Morgan fingerprint density at radius 2 is 2.27 bits per heavy atom. The minimum atomic E-state index is 0.787. The Bertz CT molecular complexity index is 131. The maximum atomic E-state index is 3.74. The summed E-state index contributed by atoms with van der Waals surface area (Å²) < 4.78 is 0. The molecule has 2 atom stereocenters. The van der Waals surface area contributed by atoms with Gasteiger partial charge in [-0.25, -0.2) is 0 Å². The molecule has 0 spiro atoms. The van der Waals surface area contributed by atoms with Crippen LogP contribution >= 0.6 is 0 Å². The summed E-state index contributed by atoms with van der Waals surface area (Å²) in [6, 6.07) is 0.787. The van der Waals surface area contributed by atoms with Gasteiger partial charge in [0.05, 0.1) is 0 Å². The van der Waals surface area contributed by atoms with Gasteiger partial charge in [0.25, 0.3) is 0 Å². The molecule has 1 aliphatic heterocycles. The van der Waals surface area contributed by atoms with E-state index in [2.05, 4.69) is 25.3 Å². The fraction of sp³-hybridized carbons (Fsp3) is 0.800. The van der Waals surface area contributed by atoms with Crippen LogP contribution in [0.2, 0.25) is 0 Å². The van der Waals surface area contributed by atoms with Crippen LogP contribution in [0.1, 0.15) is 26.7 Å². The van der Waals surface area contributed by atoms with Crippen molar-refractivity contribution in [3.63, 3.8) is 0 Å². The summed E-state index contributed by atoms with van der Waals surface area (Å²) in [6.07, 6.45) is 4.52. The summed E-state index contributed by atoms with van der Waals surface area (Å²) in [5.74, 6) is 0.889. The zero-order chi connectivity index (χ0) is 8.27. The van der Waals surface area contributed by atoms with Gasteiger partial charge in [-0.15, -0.1) is 6.58 Å². The van der Waals surface area contributed by atoms with Crippen molar-refractivity contribution in [1.82, 2.24) is 4.90 Å². The molecule has 11 heavy (non-hydrogen) atoms. The Balaban J connectivity index is 2.29. The predicted molar refractivity (Wildman–Crippen MR) is 49.6 cm³/mol. The van der Waals surface area contributed by atoms with Crippen molar-refractivity contribution in [2.45, 2.75) is 32.7 Å². The topological polar surface area (TPSA) is 3.24 Å². The van der Waals surface area contributed by atoms with Crippen LogP contribution in [0.15, 0.2) is 12.7 Å². The smallest absolute Gasteiger partial charge is 0.00931 e. The maximum absolute atomic E-state index is 3.74. The summed E-state index contributed by atoms with van der Waals surface area (Å²) in [4.78, 5) is 2.56. The van der Waals surface area contributed by atoms with Crippen molar-refractivity contribution in [1.29, 1.82) is 0 Å². The Morgan fingerprint density at radius 1 is 1.55 bits per heavy atom. The van der Waals surface area contributed by atoms with Gasteiger partial charge in [-0.1, -0.05) is 13.0 Å². The summed E-state index contributed by atoms with van der Waals surface area (Å²) in [5, 5.41) is 0. The van der Waals surface area contributed by atoms with Gasteiger partial charge in [0.2, 0.25) is 0 Å². The molecule has 1 heterocycles. The molecule has 2 unspecified atom stereocenters. The molecule has 1 aliphatic rings. The van der Waals surface area contributed by atoms with Gasteiger partial charge in [0, 0.05) is 12.6 Å². The third-order valence-electron chi connectivity index (χ3n) is 2.89. The fourth-order valence-corrected chi connectivity index (χ4v) is 1.75. The monoisotopic (exact) mass is 153 g/mol. The van der Waals surface area contributed by atoms with Crippen LogP contribution in [-0.2, 0) is 0 Å². The van der Waals surface area contributed by atoms with E-state index in [1.54, 1.807) is 0 Å². The molecular formula is C10H19N. The molecule has 0 amide bonds. The normalized spacial score (nSPS) is 32.5. The Kier molecular flexibility index (Phi) is 3.13. The minimum absolute atomic E-state index is 0.787. The molecule has 0 N–H and O–H groups in total. The third kappa shape index (κ3) is 2.06. The van der Waals surface area contributed by atoms with Crippen molar-refractivity contribution >= 4 is 0 Å². The van der Waals surface area contributed by atoms with Crippen LogP contribution in [0.4, 0.5) is 0 Å². The Hall–Kier alpha value is -0.300. The number of likely N-dealkylation sites (tertiary alicyclic amines) is 1. The summed E-state index contributed by atoms with van der Waals surface area (Å²) in [5.41, 5.74) is 0. The maximum Gasteiger partial charge on any atom is 0.00931 e. The molecule has 1 nitrogen and oxygen atoms in total. The third-order valence-corrected chi connectivity index (χ3v) is 2.89. The zero-order valence-corrected chi connectivity index (χ0v) is 7.71. The predicted octanol–water partition coefficient (Wildman–Crippen LogP) is 2.29. The Morgan fingerprint density at radius 3 is 2.73 bits per heavy atom. The lowest BCUT2D eigenvalue weighted by molar-refractivity contribution is 0.252. The highest BCUT2D eigenvalue weighted by atomic mass is 15.2. The molecular weight excluding hydrogens is 134 g/mol. The van der Waals surface area contributed by atoms with E-state index in [0.717, 1.165) is 18.4 Å². The van der Waals surface area contributed by atoms with Crippen LogP contribution in [0, 0.1) is 5.92 Å². The molecule has 1 rings (SSSR count). The van der Waals surface area contributed by atoms with Crippen molar-refractivity contribution < 1.29 is 0 Å². The first-order valence-corrected chi connectivity index (χ1v) is 4.60. The molecule has 0 aromatic carbocycles.